The average molecular weight is 428 g/mol. The molecule has 3 fully saturated rings. The highest BCUT2D eigenvalue weighted by atomic mass is 16.5. The first-order chi connectivity index (χ1) is 14.9. The molecule has 5 amide bonds. The van der Waals surface area contributed by atoms with Crippen molar-refractivity contribution in [3.8, 4) is 5.75 Å². The Morgan fingerprint density at radius 3 is 2.48 bits per heavy atom. The molecule has 9 heteroatoms. The number of hydrogen-bond acceptors (Lipinski definition) is 5. The van der Waals surface area contributed by atoms with E-state index in [-0.39, 0.29) is 17.7 Å². The second-order valence-corrected chi connectivity index (χ2v) is 8.48. The highest BCUT2D eigenvalue weighted by molar-refractivity contribution is 6.10. The molecular weight excluding hydrogens is 400 g/mol. The van der Waals surface area contributed by atoms with Gasteiger partial charge in [0.1, 0.15) is 23.4 Å². The van der Waals surface area contributed by atoms with E-state index in [4.69, 9.17) is 4.74 Å². The molecule has 3 aliphatic rings. The Balaban J connectivity index is 1.45. The number of carbonyl (C=O) groups is 4. The topological polar surface area (TPSA) is 108 Å². The number of rotatable bonds is 5. The minimum absolute atomic E-state index is 0.285. The highest BCUT2D eigenvalue weighted by Crippen LogP contribution is 2.36. The molecule has 1 saturated carbocycles. The molecule has 31 heavy (non-hydrogen) atoms. The predicted molar refractivity (Wildman–Crippen MR) is 112 cm³/mol. The quantitative estimate of drug-likeness (QED) is 0.696. The van der Waals surface area contributed by atoms with Gasteiger partial charge in [-0.15, -0.1) is 0 Å². The van der Waals surface area contributed by atoms with E-state index >= 15 is 0 Å². The van der Waals surface area contributed by atoms with Crippen LogP contribution in [0.3, 0.4) is 0 Å². The third kappa shape index (κ3) is 3.73. The van der Waals surface area contributed by atoms with Crippen LogP contribution in [0, 0.1) is 0 Å². The number of nitrogens with zero attached hydrogens (tertiary/aromatic N) is 2. The monoisotopic (exact) mass is 428 g/mol. The number of nitrogens with one attached hydrogen (secondary N) is 2. The number of urea groups is 1. The van der Waals surface area contributed by atoms with E-state index < -0.39 is 23.7 Å². The second-order valence-electron chi connectivity index (χ2n) is 8.48. The van der Waals surface area contributed by atoms with Crippen molar-refractivity contribution in [2.24, 2.45) is 0 Å². The molecule has 2 aliphatic heterocycles. The van der Waals surface area contributed by atoms with Crippen molar-refractivity contribution in [2.75, 3.05) is 19.0 Å². The molecule has 2 saturated heterocycles. The van der Waals surface area contributed by atoms with Gasteiger partial charge in [-0.1, -0.05) is 12.8 Å². The van der Waals surface area contributed by atoms with Crippen LogP contribution >= 0.6 is 0 Å². The SMILES string of the molecule is COc1ccc(NC(=O)C2CCCN2C(=O)C(C)N2C(=O)NC3(CCCC3)C2=O)cc1. The summed E-state index contributed by atoms with van der Waals surface area (Å²) < 4.78 is 5.12. The van der Waals surface area contributed by atoms with E-state index in [9.17, 15) is 19.2 Å². The van der Waals surface area contributed by atoms with E-state index in [1.807, 2.05) is 0 Å². The van der Waals surface area contributed by atoms with E-state index in [2.05, 4.69) is 10.6 Å². The van der Waals surface area contributed by atoms with Gasteiger partial charge in [0, 0.05) is 12.2 Å². The van der Waals surface area contributed by atoms with Crippen molar-refractivity contribution in [3.63, 3.8) is 0 Å². The molecule has 2 atom stereocenters. The normalized spacial score (nSPS) is 23.2. The van der Waals surface area contributed by atoms with E-state index in [1.54, 1.807) is 38.3 Å². The van der Waals surface area contributed by atoms with Gasteiger partial charge in [0.2, 0.25) is 11.8 Å². The molecule has 1 spiro atoms. The number of imide groups is 1. The zero-order valence-corrected chi connectivity index (χ0v) is 17.8. The molecule has 0 aromatic heterocycles. The van der Waals surface area contributed by atoms with Crippen molar-refractivity contribution in [1.29, 1.82) is 0 Å². The smallest absolute Gasteiger partial charge is 0.325 e. The fraction of sp³-hybridized carbons (Fsp3) is 0.545. The summed E-state index contributed by atoms with van der Waals surface area (Å²) >= 11 is 0. The number of amides is 5. The predicted octanol–water partition coefficient (Wildman–Crippen LogP) is 1.88. The van der Waals surface area contributed by atoms with E-state index in [1.165, 1.54) is 4.90 Å². The average Bonchev–Trinajstić information content (AvgIpc) is 3.48. The second kappa shape index (κ2) is 8.20. The minimum Gasteiger partial charge on any atom is -0.497 e. The van der Waals surface area contributed by atoms with Gasteiger partial charge in [0.15, 0.2) is 0 Å². The Hall–Kier alpha value is -3.10. The van der Waals surface area contributed by atoms with Crippen molar-refractivity contribution in [2.45, 2.75) is 63.1 Å². The molecule has 1 aromatic rings. The van der Waals surface area contributed by atoms with Crippen LogP contribution < -0.4 is 15.4 Å². The molecule has 166 valence electrons. The summed E-state index contributed by atoms with van der Waals surface area (Å²) in [5.74, 6) is -0.314. The zero-order chi connectivity index (χ0) is 22.2. The van der Waals surface area contributed by atoms with Crippen molar-refractivity contribution in [1.82, 2.24) is 15.1 Å². The number of likely N-dealkylation sites (tertiary alicyclic amines) is 1. The first-order valence-electron chi connectivity index (χ1n) is 10.8. The van der Waals surface area contributed by atoms with Crippen LogP contribution in [-0.4, -0.2) is 64.8 Å². The maximum Gasteiger partial charge on any atom is 0.325 e. The number of benzene rings is 1. The molecule has 4 rings (SSSR count). The Kier molecular flexibility index (Phi) is 5.60. The summed E-state index contributed by atoms with van der Waals surface area (Å²) in [6.07, 6.45) is 4.18. The number of carbonyl (C=O) groups excluding carboxylic acids is 4. The summed E-state index contributed by atoms with van der Waals surface area (Å²) in [5.41, 5.74) is -0.252. The van der Waals surface area contributed by atoms with Gasteiger partial charge in [0.25, 0.3) is 5.91 Å². The molecule has 2 heterocycles. The van der Waals surface area contributed by atoms with Crippen LogP contribution in [0.1, 0.15) is 45.4 Å². The molecule has 2 unspecified atom stereocenters. The van der Waals surface area contributed by atoms with Gasteiger partial charge in [0.05, 0.1) is 7.11 Å². The number of methoxy groups -OCH3 is 1. The Morgan fingerprint density at radius 2 is 1.84 bits per heavy atom. The standard InChI is InChI=1S/C22H28N4O5/c1-14(26-20(29)22(24-21(26)30)11-3-4-12-22)19(28)25-13-5-6-17(25)18(27)23-15-7-9-16(31-2)10-8-15/h7-10,14,17H,3-6,11-13H2,1-2H3,(H,23,27)(H,24,30). The van der Waals surface area contributed by atoms with Gasteiger partial charge < -0.3 is 20.3 Å². The molecule has 2 N–H and O–H groups in total. The van der Waals surface area contributed by atoms with Crippen LogP contribution in [0.4, 0.5) is 10.5 Å². The summed E-state index contributed by atoms with van der Waals surface area (Å²) in [7, 11) is 1.57. The lowest BCUT2D eigenvalue weighted by atomic mass is 9.97. The van der Waals surface area contributed by atoms with Crippen molar-refractivity contribution >= 4 is 29.4 Å². The maximum atomic E-state index is 13.2. The minimum atomic E-state index is -0.957. The van der Waals surface area contributed by atoms with E-state index in [0.717, 1.165) is 17.7 Å². The highest BCUT2D eigenvalue weighted by Gasteiger charge is 2.55. The largest absolute Gasteiger partial charge is 0.497 e. The Labute approximate surface area is 181 Å². The molecule has 1 aliphatic carbocycles. The summed E-state index contributed by atoms with van der Waals surface area (Å²) in [6.45, 7) is 1.98. The molecular formula is C22H28N4O5. The molecule has 9 nitrogen and oxygen atoms in total. The fourth-order valence-electron chi connectivity index (χ4n) is 4.86. The van der Waals surface area contributed by atoms with Crippen LogP contribution in [0.5, 0.6) is 5.75 Å². The first-order valence-corrected chi connectivity index (χ1v) is 10.8. The van der Waals surface area contributed by atoms with Gasteiger partial charge >= 0.3 is 6.03 Å². The van der Waals surface area contributed by atoms with Gasteiger partial charge in [-0.25, -0.2) is 9.69 Å². The summed E-state index contributed by atoms with van der Waals surface area (Å²) in [4.78, 5) is 54.2. The van der Waals surface area contributed by atoms with Crippen LogP contribution in [0.2, 0.25) is 0 Å². The third-order valence-corrected chi connectivity index (χ3v) is 6.59. The fourth-order valence-corrected chi connectivity index (χ4v) is 4.86. The van der Waals surface area contributed by atoms with Gasteiger partial charge in [-0.3, -0.25) is 14.4 Å². The number of ether oxygens (including phenoxy) is 1. The molecule has 0 radical (unpaired) electrons. The lowest BCUT2D eigenvalue weighted by molar-refractivity contribution is -0.144. The van der Waals surface area contributed by atoms with Crippen molar-refractivity contribution in [3.05, 3.63) is 24.3 Å². The summed E-state index contributed by atoms with van der Waals surface area (Å²) in [5, 5.41) is 5.65. The Morgan fingerprint density at radius 1 is 1.16 bits per heavy atom. The first kappa shape index (κ1) is 21.1. The van der Waals surface area contributed by atoms with Crippen LogP contribution in [0.15, 0.2) is 24.3 Å². The van der Waals surface area contributed by atoms with Gasteiger partial charge in [-0.05, 0) is 56.9 Å². The lowest BCUT2D eigenvalue weighted by Crippen LogP contribution is -2.53. The third-order valence-electron chi connectivity index (χ3n) is 6.59. The van der Waals surface area contributed by atoms with Crippen molar-refractivity contribution < 1.29 is 23.9 Å². The molecule has 1 aromatic carbocycles. The maximum absolute atomic E-state index is 13.2. The zero-order valence-electron chi connectivity index (χ0n) is 17.8. The van der Waals surface area contributed by atoms with Gasteiger partial charge in [-0.2, -0.15) is 0 Å². The van der Waals surface area contributed by atoms with Crippen LogP contribution in [-0.2, 0) is 14.4 Å². The van der Waals surface area contributed by atoms with Crippen LogP contribution in [0.25, 0.3) is 0 Å². The lowest BCUT2D eigenvalue weighted by Gasteiger charge is -2.30. The Bertz CT molecular complexity index is 894. The molecule has 0 bridgehead atoms. The number of hydrogen-bond donors (Lipinski definition) is 2. The summed E-state index contributed by atoms with van der Waals surface area (Å²) in [6, 6.07) is 4.83. The number of anilines is 1. The van der Waals surface area contributed by atoms with E-state index in [0.29, 0.717) is 43.7 Å².